The van der Waals surface area contributed by atoms with Gasteiger partial charge in [0, 0.05) is 5.02 Å². The lowest BCUT2D eigenvalue weighted by molar-refractivity contribution is -0.149. The fraction of sp³-hybridized carbons (Fsp3) is 0.417. The first kappa shape index (κ1) is 17.9. The molecule has 0 aliphatic heterocycles. The van der Waals surface area contributed by atoms with Crippen molar-refractivity contribution in [3.05, 3.63) is 22.2 Å². The van der Waals surface area contributed by atoms with Crippen LogP contribution in [0, 0.1) is 0 Å². The van der Waals surface area contributed by atoms with E-state index in [1.165, 1.54) is 26.1 Å². The van der Waals surface area contributed by atoms with Gasteiger partial charge in [-0.1, -0.05) is 23.2 Å². The van der Waals surface area contributed by atoms with E-state index in [-0.39, 0.29) is 21.4 Å². The molecule has 3 N–H and O–H groups in total. The normalized spacial score (nSPS) is 13.3. The number of carbonyl (C=O) groups excluding carboxylic acids is 1. The van der Waals surface area contributed by atoms with Gasteiger partial charge in [-0.15, -0.1) is 0 Å². The Kier molecular flexibility index (Phi) is 5.72. The van der Waals surface area contributed by atoms with Gasteiger partial charge in [-0.3, -0.25) is 9.69 Å². The quantitative estimate of drug-likeness (QED) is 0.823. The molecule has 118 valence electrons. The van der Waals surface area contributed by atoms with Crippen LogP contribution in [0.25, 0.3) is 0 Å². The van der Waals surface area contributed by atoms with Crippen LogP contribution < -0.4 is 11.1 Å². The number of likely N-dealkylation sites (N-methyl/N-ethyl adjacent to an activating group) is 1. The van der Waals surface area contributed by atoms with E-state index in [0.717, 1.165) is 4.90 Å². The number of amides is 1. The lowest BCUT2D eigenvalue weighted by Gasteiger charge is -2.25. The monoisotopic (exact) mass is 343 g/mol. The third kappa shape index (κ3) is 5.26. The second kappa shape index (κ2) is 6.72. The van der Waals surface area contributed by atoms with Crippen molar-refractivity contribution in [2.24, 2.45) is 0 Å². The zero-order valence-corrected chi connectivity index (χ0v) is 12.8. The van der Waals surface area contributed by atoms with E-state index in [2.05, 4.69) is 5.32 Å². The summed E-state index contributed by atoms with van der Waals surface area (Å²) in [5.41, 5.74) is 5.93. The van der Waals surface area contributed by atoms with Crippen LogP contribution in [0.1, 0.15) is 6.92 Å². The third-order valence-electron chi connectivity index (χ3n) is 2.80. The molecule has 1 unspecified atom stereocenters. The molecule has 9 heteroatoms. The van der Waals surface area contributed by atoms with E-state index < -0.39 is 24.7 Å². The van der Waals surface area contributed by atoms with E-state index in [0.29, 0.717) is 0 Å². The van der Waals surface area contributed by atoms with Gasteiger partial charge in [-0.2, -0.15) is 13.2 Å². The Labute approximate surface area is 130 Å². The van der Waals surface area contributed by atoms with Crippen LogP contribution >= 0.6 is 23.2 Å². The van der Waals surface area contributed by atoms with Crippen molar-refractivity contribution in [3.8, 4) is 0 Å². The molecule has 0 saturated carbocycles. The predicted molar refractivity (Wildman–Crippen MR) is 77.7 cm³/mol. The average Bonchev–Trinajstić information content (AvgIpc) is 2.30. The van der Waals surface area contributed by atoms with E-state index in [4.69, 9.17) is 28.9 Å². The van der Waals surface area contributed by atoms with Crippen LogP contribution in [0.2, 0.25) is 10.0 Å². The smallest absolute Gasteiger partial charge is 0.397 e. The third-order valence-corrected chi connectivity index (χ3v) is 3.32. The van der Waals surface area contributed by atoms with E-state index >= 15 is 0 Å². The van der Waals surface area contributed by atoms with Gasteiger partial charge in [-0.25, -0.2) is 0 Å². The SMILES string of the molecule is CC(C(=O)Nc1c(N)cc(Cl)cc1Cl)N(C)CC(F)(F)F. The van der Waals surface area contributed by atoms with Crippen molar-refractivity contribution >= 4 is 40.5 Å². The minimum Gasteiger partial charge on any atom is -0.397 e. The highest BCUT2D eigenvalue weighted by atomic mass is 35.5. The Morgan fingerprint density at radius 2 is 2.00 bits per heavy atom. The van der Waals surface area contributed by atoms with Crippen molar-refractivity contribution in [2.45, 2.75) is 19.1 Å². The summed E-state index contributed by atoms with van der Waals surface area (Å²) in [6.45, 7) is 0.145. The van der Waals surface area contributed by atoms with Crippen LogP contribution in [-0.2, 0) is 4.79 Å². The Morgan fingerprint density at radius 3 is 2.48 bits per heavy atom. The predicted octanol–water partition coefficient (Wildman–Crippen LogP) is 3.40. The standard InChI is InChI=1S/C12H14Cl2F3N3O/c1-6(20(2)5-12(15,16)17)11(21)19-10-8(14)3-7(13)4-9(10)18/h3-4,6H,5,18H2,1-2H3,(H,19,21). The number of nitrogens with two attached hydrogens (primary N) is 1. The molecular formula is C12H14Cl2F3N3O. The number of carbonyl (C=O) groups is 1. The van der Waals surface area contributed by atoms with Crippen molar-refractivity contribution in [1.29, 1.82) is 0 Å². The Morgan fingerprint density at radius 1 is 1.43 bits per heavy atom. The number of nitrogen functional groups attached to an aromatic ring is 1. The van der Waals surface area contributed by atoms with Gasteiger partial charge in [-0.05, 0) is 26.1 Å². The number of benzene rings is 1. The van der Waals surface area contributed by atoms with Crippen molar-refractivity contribution in [2.75, 3.05) is 24.6 Å². The molecule has 1 rings (SSSR count). The molecule has 0 saturated heterocycles. The summed E-state index contributed by atoms with van der Waals surface area (Å²) in [4.78, 5) is 12.8. The molecule has 1 aromatic rings. The van der Waals surface area contributed by atoms with Gasteiger partial charge in [0.1, 0.15) is 0 Å². The molecule has 4 nitrogen and oxygen atoms in total. The number of rotatable bonds is 4. The molecule has 1 aromatic carbocycles. The first-order chi connectivity index (χ1) is 9.51. The zero-order valence-electron chi connectivity index (χ0n) is 11.3. The number of hydrogen-bond acceptors (Lipinski definition) is 3. The Bertz CT molecular complexity index is 514. The summed E-state index contributed by atoms with van der Waals surface area (Å²) in [5.74, 6) is -0.655. The molecule has 0 fully saturated rings. The molecule has 0 aromatic heterocycles. The average molecular weight is 344 g/mol. The van der Waals surface area contributed by atoms with Gasteiger partial charge >= 0.3 is 6.18 Å². The molecular weight excluding hydrogens is 330 g/mol. The summed E-state index contributed by atoms with van der Waals surface area (Å²) in [6.07, 6.45) is -4.39. The van der Waals surface area contributed by atoms with Crippen LogP contribution in [0.15, 0.2) is 12.1 Å². The van der Waals surface area contributed by atoms with E-state index in [1.54, 1.807) is 0 Å². The maximum atomic E-state index is 12.3. The number of alkyl halides is 3. The maximum Gasteiger partial charge on any atom is 0.401 e. The van der Waals surface area contributed by atoms with Gasteiger partial charge < -0.3 is 11.1 Å². The molecule has 1 atom stereocenters. The Hall–Kier alpha value is -1.18. The highest BCUT2D eigenvalue weighted by Crippen LogP contribution is 2.32. The molecule has 1 amide bonds. The highest BCUT2D eigenvalue weighted by molar-refractivity contribution is 6.37. The van der Waals surface area contributed by atoms with Gasteiger partial charge in [0.05, 0.1) is 29.0 Å². The fourth-order valence-corrected chi connectivity index (χ4v) is 2.13. The van der Waals surface area contributed by atoms with Crippen molar-refractivity contribution in [3.63, 3.8) is 0 Å². The minimum absolute atomic E-state index is 0.110. The minimum atomic E-state index is -4.39. The lowest BCUT2D eigenvalue weighted by Crippen LogP contribution is -2.44. The van der Waals surface area contributed by atoms with Gasteiger partial charge in [0.2, 0.25) is 5.91 Å². The molecule has 0 heterocycles. The topological polar surface area (TPSA) is 58.4 Å². The zero-order chi connectivity index (χ0) is 16.4. The van der Waals surface area contributed by atoms with Gasteiger partial charge in [0.25, 0.3) is 0 Å². The summed E-state index contributed by atoms with van der Waals surface area (Å²) in [6, 6.07) is 1.74. The van der Waals surface area contributed by atoms with Crippen LogP contribution in [0.4, 0.5) is 24.5 Å². The molecule has 21 heavy (non-hydrogen) atoms. The number of nitrogens with zero attached hydrogens (tertiary/aromatic N) is 1. The second-order valence-electron chi connectivity index (χ2n) is 4.55. The first-order valence-corrected chi connectivity index (χ1v) is 6.59. The Balaban J connectivity index is 2.82. The lowest BCUT2D eigenvalue weighted by atomic mass is 10.2. The molecule has 0 bridgehead atoms. The number of halogens is 5. The first-order valence-electron chi connectivity index (χ1n) is 5.83. The van der Waals surface area contributed by atoms with Crippen LogP contribution in [-0.4, -0.2) is 36.6 Å². The number of nitrogens with one attached hydrogen (secondary N) is 1. The molecule has 0 radical (unpaired) electrons. The second-order valence-corrected chi connectivity index (χ2v) is 5.39. The summed E-state index contributed by atoms with van der Waals surface area (Å²) >= 11 is 11.6. The van der Waals surface area contributed by atoms with E-state index in [9.17, 15) is 18.0 Å². The number of anilines is 2. The van der Waals surface area contributed by atoms with Crippen LogP contribution in [0.3, 0.4) is 0 Å². The summed E-state index contributed by atoms with van der Waals surface area (Å²) < 4.78 is 36.9. The maximum absolute atomic E-state index is 12.3. The van der Waals surface area contributed by atoms with Crippen molar-refractivity contribution < 1.29 is 18.0 Å². The molecule has 0 aliphatic rings. The van der Waals surface area contributed by atoms with Gasteiger partial charge in [0.15, 0.2) is 0 Å². The van der Waals surface area contributed by atoms with Crippen LogP contribution in [0.5, 0.6) is 0 Å². The highest BCUT2D eigenvalue weighted by Gasteiger charge is 2.32. The fourth-order valence-electron chi connectivity index (χ4n) is 1.57. The molecule has 0 spiro atoms. The summed E-state index contributed by atoms with van der Waals surface area (Å²) in [5, 5.41) is 2.81. The van der Waals surface area contributed by atoms with Crippen molar-refractivity contribution in [1.82, 2.24) is 4.90 Å². The number of hydrogen-bond donors (Lipinski definition) is 2. The summed E-state index contributed by atoms with van der Waals surface area (Å²) in [7, 11) is 1.20. The largest absolute Gasteiger partial charge is 0.401 e. The van der Waals surface area contributed by atoms with E-state index in [1.807, 2.05) is 0 Å². The molecule has 0 aliphatic carbocycles.